The van der Waals surface area contributed by atoms with Crippen molar-refractivity contribution in [3.8, 4) is 5.75 Å². The Morgan fingerprint density at radius 2 is 1.92 bits per heavy atom. The van der Waals surface area contributed by atoms with Crippen LogP contribution in [0.25, 0.3) is 0 Å². The standard InChI is InChI=1S/C29H37N5O5/c1-18-14-34(19(2)17-35)28(36)23-12-9-13-24(30-29(37)31-26-20(3)32-39-21(26)4)27(23)38-25(18)16-33(5)15-22-10-7-6-8-11-22/h6-13,18-19,25,35H,14-17H2,1-5H3,(H2,30,31,37)/t18-,19-,25+/m1/s1. The van der Waals surface area contributed by atoms with Crippen molar-refractivity contribution in [2.24, 2.45) is 5.92 Å². The predicted molar refractivity (Wildman–Crippen MR) is 149 cm³/mol. The molecular weight excluding hydrogens is 498 g/mol. The number of para-hydroxylation sites is 1. The summed E-state index contributed by atoms with van der Waals surface area (Å²) in [6.45, 7) is 8.89. The quantitative estimate of drug-likeness (QED) is 0.394. The Hall–Kier alpha value is -3.89. The minimum Gasteiger partial charge on any atom is -0.486 e. The number of benzene rings is 2. The fourth-order valence-corrected chi connectivity index (χ4v) is 4.76. The lowest BCUT2D eigenvalue weighted by molar-refractivity contribution is 0.0343. The Morgan fingerprint density at radius 1 is 1.18 bits per heavy atom. The van der Waals surface area contributed by atoms with Gasteiger partial charge in [0.25, 0.3) is 5.91 Å². The summed E-state index contributed by atoms with van der Waals surface area (Å²) in [6, 6.07) is 14.4. The maximum absolute atomic E-state index is 13.7. The summed E-state index contributed by atoms with van der Waals surface area (Å²) >= 11 is 0. The first kappa shape index (κ1) is 28.1. The fraction of sp³-hybridized carbons (Fsp3) is 0.414. The number of aliphatic hydroxyl groups is 1. The molecule has 3 aromatic rings. The van der Waals surface area contributed by atoms with Crippen LogP contribution in [0.2, 0.25) is 0 Å². The lowest BCUT2D eigenvalue weighted by Gasteiger charge is -2.38. The topological polar surface area (TPSA) is 120 Å². The van der Waals surface area contributed by atoms with Gasteiger partial charge >= 0.3 is 6.03 Å². The smallest absolute Gasteiger partial charge is 0.323 e. The van der Waals surface area contributed by atoms with E-state index in [1.165, 1.54) is 5.56 Å². The third kappa shape index (κ3) is 6.58. The number of aliphatic hydroxyl groups excluding tert-OH is 1. The van der Waals surface area contributed by atoms with Gasteiger partial charge in [0.15, 0.2) is 11.5 Å². The van der Waals surface area contributed by atoms with Crippen molar-refractivity contribution >= 4 is 23.3 Å². The Kier molecular flexibility index (Phi) is 8.88. The fourth-order valence-electron chi connectivity index (χ4n) is 4.76. The first-order valence-corrected chi connectivity index (χ1v) is 13.1. The van der Waals surface area contributed by atoms with Crippen LogP contribution >= 0.6 is 0 Å². The highest BCUT2D eigenvalue weighted by atomic mass is 16.5. The number of carbonyl (C=O) groups excluding carboxylic acids is 2. The van der Waals surface area contributed by atoms with Crippen molar-refractivity contribution in [2.45, 2.75) is 46.4 Å². The lowest BCUT2D eigenvalue weighted by atomic mass is 9.99. The Bertz CT molecular complexity index is 1270. The average Bonchev–Trinajstić information content (AvgIpc) is 3.23. The molecular formula is C29H37N5O5. The minimum absolute atomic E-state index is 0.0569. The summed E-state index contributed by atoms with van der Waals surface area (Å²) < 4.78 is 11.7. The molecule has 0 saturated carbocycles. The van der Waals surface area contributed by atoms with Crippen LogP contribution in [-0.2, 0) is 6.54 Å². The average molecular weight is 536 g/mol. The van der Waals surface area contributed by atoms with Crippen molar-refractivity contribution in [1.82, 2.24) is 15.0 Å². The monoisotopic (exact) mass is 535 g/mol. The molecule has 10 nitrogen and oxygen atoms in total. The SMILES string of the molecule is Cc1noc(C)c1NC(=O)Nc1cccc2c1O[C@@H](CN(C)Cc1ccccc1)[C@H](C)CN([C@H](C)CO)C2=O. The molecule has 1 aliphatic heterocycles. The van der Waals surface area contributed by atoms with Gasteiger partial charge in [-0.3, -0.25) is 9.69 Å². The highest BCUT2D eigenvalue weighted by Crippen LogP contribution is 2.35. The molecule has 0 bridgehead atoms. The van der Waals surface area contributed by atoms with Gasteiger partial charge < -0.3 is 29.9 Å². The van der Waals surface area contributed by atoms with E-state index in [-0.39, 0.29) is 30.6 Å². The number of aryl methyl sites for hydroxylation is 2. The van der Waals surface area contributed by atoms with E-state index in [0.717, 1.165) is 6.54 Å². The van der Waals surface area contributed by atoms with Crippen LogP contribution in [0.15, 0.2) is 53.1 Å². The van der Waals surface area contributed by atoms with Crippen LogP contribution in [-0.4, -0.2) is 70.9 Å². The van der Waals surface area contributed by atoms with Gasteiger partial charge in [-0.1, -0.05) is 48.5 Å². The number of aromatic nitrogens is 1. The van der Waals surface area contributed by atoms with Crippen molar-refractivity contribution in [1.29, 1.82) is 0 Å². The van der Waals surface area contributed by atoms with Crippen LogP contribution in [0.1, 0.15) is 41.2 Å². The van der Waals surface area contributed by atoms with Gasteiger partial charge in [0.05, 0.1) is 23.9 Å². The van der Waals surface area contributed by atoms with Crippen LogP contribution in [0.4, 0.5) is 16.2 Å². The molecule has 2 heterocycles. The number of nitrogens with zero attached hydrogens (tertiary/aromatic N) is 3. The summed E-state index contributed by atoms with van der Waals surface area (Å²) in [5.41, 5.74) is 2.92. The number of carbonyl (C=O) groups is 2. The van der Waals surface area contributed by atoms with Crippen LogP contribution in [0, 0.1) is 19.8 Å². The second-order valence-electron chi connectivity index (χ2n) is 10.3. The second-order valence-corrected chi connectivity index (χ2v) is 10.3. The summed E-state index contributed by atoms with van der Waals surface area (Å²) in [5, 5.41) is 19.4. The van der Waals surface area contributed by atoms with Crippen LogP contribution in [0.3, 0.4) is 0 Å². The third-order valence-electron chi connectivity index (χ3n) is 7.00. The van der Waals surface area contributed by atoms with Crippen LogP contribution < -0.4 is 15.4 Å². The molecule has 1 aromatic heterocycles. The largest absolute Gasteiger partial charge is 0.486 e. The Balaban J connectivity index is 1.64. The first-order valence-electron chi connectivity index (χ1n) is 13.1. The summed E-state index contributed by atoms with van der Waals surface area (Å²) in [4.78, 5) is 30.5. The van der Waals surface area contributed by atoms with E-state index in [4.69, 9.17) is 9.26 Å². The van der Waals surface area contributed by atoms with Gasteiger partial charge in [0, 0.05) is 25.6 Å². The lowest BCUT2D eigenvalue weighted by Crippen LogP contribution is -2.49. The molecule has 3 atom stereocenters. The molecule has 0 fully saturated rings. The number of rotatable bonds is 8. The predicted octanol–water partition coefficient (Wildman–Crippen LogP) is 4.29. The van der Waals surface area contributed by atoms with Gasteiger partial charge in [-0.05, 0) is 45.5 Å². The number of ether oxygens (including phenoxy) is 1. The van der Waals surface area contributed by atoms with Crippen molar-refractivity contribution in [3.05, 3.63) is 71.1 Å². The molecule has 2 aromatic carbocycles. The zero-order valence-electron chi connectivity index (χ0n) is 23.1. The number of hydrogen-bond acceptors (Lipinski definition) is 7. The molecule has 0 aliphatic carbocycles. The summed E-state index contributed by atoms with van der Waals surface area (Å²) in [5.74, 6) is 0.473. The molecule has 208 valence electrons. The molecule has 0 unspecified atom stereocenters. The van der Waals surface area contributed by atoms with Gasteiger partial charge in [0.2, 0.25) is 0 Å². The zero-order valence-corrected chi connectivity index (χ0v) is 23.1. The van der Waals surface area contributed by atoms with Crippen molar-refractivity contribution < 1.29 is 24.0 Å². The molecule has 3 amide bonds. The molecule has 0 saturated heterocycles. The zero-order chi connectivity index (χ0) is 28.1. The van der Waals surface area contributed by atoms with E-state index >= 15 is 0 Å². The second kappa shape index (κ2) is 12.3. The highest BCUT2D eigenvalue weighted by Gasteiger charge is 2.34. The number of urea groups is 1. The van der Waals surface area contributed by atoms with Crippen molar-refractivity contribution in [3.63, 3.8) is 0 Å². The molecule has 3 N–H and O–H groups in total. The van der Waals surface area contributed by atoms with E-state index in [9.17, 15) is 14.7 Å². The van der Waals surface area contributed by atoms with E-state index in [1.807, 2.05) is 39.1 Å². The Labute approximate surface area is 228 Å². The molecule has 39 heavy (non-hydrogen) atoms. The van der Waals surface area contributed by atoms with E-state index < -0.39 is 6.03 Å². The maximum atomic E-state index is 13.7. The van der Waals surface area contributed by atoms with E-state index in [2.05, 4.69) is 32.8 Å². The first-order chi connectivity index (χ1) is 18.7. The highest BCUT2D eigenvalue weighted by molar-refractivity contribution is 6.04. The number of amides is 3. The number of hydrogen-bond donors (Lipinski definition) is 3. The van der Waals surface area contributed by atoms with Gasteiger partial charge in [-0.25, -0.2) is 4.79 Å². The normalized spacial score (nSPS) is 18.1. The van der Waals surface area contributed by atoms with Crippen molar-refractivity contribution in [2.75, 3.05) is 37.4 Å². The summed E-state index contributed by atoms with van der Waals surface area (Å²) in [7, 11) is 2.03. The van der Waals surface area contributed by atoms with Gasteiger partial charge in [-0.2, -0.15) is 0 Å². The molecule has 4 rings (SSSR count). The maximum Gasteiger partial charge on any atom is 0.323 e. The van der Waals surface area contributed by atoms with E-state index in [1.54, 1.807) is 36.9 Å². The van der Waals surface area contributed by atoms with E-state index in [0.29, 0.717) is 47.2 Å². The number of likely N-dealkylation sites (N-methyl/N-ethyl adjacent to an activating group) is 1. The minimum atomic E-state index is -0.512. The van der Waals surface area contributed by atoms with Crippen LogP contribution in [0.5, 0.6) is 5.75 Å². The van der Waals surface area contributed by atoms with Gasteiger partial charge in [0.1, 0.15) is 17.5 Å². The van der Waals surface area contributed by atoms with Gasteiger partial charge in [-0.15, -0.1) is 0 Å². The molecule has 0 radical (unpaired) electrons. The number of fused-ring (bicyclic) bond motifs is 1. The molecule has 1 aliphatic rings. The number of anilines is 2. The third-order valence-corrected chi connectivity index (χ3v) is 7.00. The Morgan fingerprint density at radius 3 is 2.59 bits per heavy atom. The number of nitrogens with one attached hydrogen (secondary N) is 2. The molecule has 10 heteroatoms. The molecule has 0 spiro atoms. The summed E-state index contributed by atoms with van der Waals surface area (Å²) in [6.07, 6.45) is -0.299.